The molecule has 5 heteroatoms. The van der Waals surface area contributed by atoms with Gasteiger partial charge in [-0.25, -0.2) is 0 Å². The third-order valence-corrected chi connectivity index (χ3v) is 0. The monoisotopic (exact) mass is 162 g/mol. The molecule has 0 bridgehead atoms. The van der Waals surface area contributed by atoms with Gasteiger partial charge in [-0.15, -0.1) is 0 Å². The molecule has 0 saturated carbocycles. The molecule has 0 aliphatic heterocycles. The molecule has 0 heterocycles. The van der Waals surface area contributed by atoms with Crippen LogP contribution < -0.4 is 6.37 Å². The topological polar surface area (TPSA) is 63.2 Å². The van der Waals surface area contributed by atoms with Crippen molar-refractivity contribution in [1.29, 1.82) is 0 Å². The molecular weight excluding hydrogens is 164 g/mol. The van der Waals surface area contributed by atoms with Crippen LogP contribution in [0.5, 0.6) is 0 Å². The van der Waals surface area contributed by atoms with Crippen molar-refractivity contribution in [2.75, 3.05) is 0 Å². The predicted octanol–water partition coefficient (Wildman–Crippen LogP) is -2.88. The van der Waals surface area contributed by atoms with E-state index >= 15 is 0 Å². The van der Waals surface area contributed by atoms with Gasteiger partial charge in [-0.1, -0.05) is 0 Å². The van der Waals surface area contributed by atoms with E-state index in [2.05, 4.69) is 0 Å². The fraction of sp³-hybridized carbons (Fsp3) is 0. The van der Waals surface area contributed by atoms with Gasteiger partial charge in [0.15, 0.2) is 0 Å². The molecule has 0 aromatic heterocycles. The summed E-state index contributed by atoms with van der Waals surface area (Å²) in [5.74, 6) is 0. The minimum absolute atomic E-state index is 0. The van der Waals surface area contributed by atoms with E-state index in [1.165, 1.54) is 0 Å². The second kappa shape index (κ2) is 5.37. The molecule has 0 atom stereocenters. The molecule has 5 heavy (non-hydrogen) atoms. The number of hydrogen-bond donors (Lipinski definition) is 0. The second-order valence-electron chi connectivity index (χ2n) is 0.250. The molecule has 0 aliphatic carbocycles. The van der Waals surface area contributed by atoms with Crippen molar-refractivity contribution in [3.8, 4) is 0 Å². The summed E-state index contributed by atoms with van der Waals surface area (Å²) in [4.78, 5) is 0. The van der Waals surface area contributed by atoms with Crippen molar-refractivity contribution in [3.63, 3.8) is 0 Å². The van der Waals surface area contributed by atoms with Gasteiger partial charge in [0.05, 0.1) is 0 Å². The Morgan fingerprint density at radius 3 is 1.40 bits per heavy atom. The van der Waals surface area contributed by atoms with Gasteiger partial charge in [0, 0.05) is 0 Å². The summed E-state index contributed by atoms with van der Waals surface area (Å²) >= 11 is -4.29. The Bertz CT molecular complexity index is 29.9. The van der Waals surface area contributed by atoms with Crippen LogP contribution >= 0.6 is 0 Å². The van der Waals surface area contributed by atoms with E-state index in [1.807, 2.05) is 0 Å². The summed E-state index contributed by atoms with van der Waals surface area (Å²) in [6.45, 7) is 0. The van der Waals surface area contributed by atoms with Crippen LogP contribution in [-0.2, 0) is 25.4 Å². The molecule has 0 aromatic carbocycles. The van der Waals surface area contributed by atoms with Gasteiger partial charge in [-0.2, -0.15) is 0 Å². The van der Waals surface area contributed by atoms with Crippen molar-refractivity contribution in [3.05, 3.63) is 0 Å². The zero-order valence-electron chi connectivity index (χ0n) is 2.43. The average Bonchev–Trinajstić information content (AvgIpc) is 0.811. The van der Waals surface area contributed by atoms with Crippen molar-refractivity contribution in [2.24, 2.45) is 0 Å². The summed E-state index contributed by atoms with van der Waals surface area (Å²) in [7, 11) is 0. The zero-order chi connectivity index (χ0) is 3.58. The summed E-state index contributed by atoms with van der Waals surface area (Å²) in [5.41, 5.74) is 0. The second-order valence-corrected chi connectivity index (χ2v) is 1.48. The van der Waals surface area contributed by atoms with Crippen molar-refractivity contribution in [2.45, 2.75) is 0 Å². The van der Waals surface area contributed by atoms with Crippen LogP contribution in [0, 0.1) is 0 Å². The van der Waals surface area contributed by atoms with E-state index in [9.17, 15) is 0 Å². The fourth-order valence-electron chi connectivity index (χ4n) is 0. The number of hydrogen-bond acceptors (Lipinski definition) is 3. The predicted molar refractivity (Wildman–Crippen MR) is 6.44 cm³/mol. The maximum absolute atomic E-state index is 8.61. The van der Waals surface area contributed by atoms with E-state index in [1.54, 1.807) is 0 Å². The molecule has 24 valence electrons. The Balaban J connectivity index is 0. The van der Waals surface area contributed by atoms with Gasteiger partial charge in [0.2, 0.25) is 0 Å². The van der Waals surface area contributed by atoms with Gasteiger partial charge in [-0.05, 0) is 0 Å². The third kappa shape index (κ3) is 32.5. The Kier molecular flexibility index (Phi) is 10.3. The van der Waals surface area contributed by atoms with Crippen LogP contribution in [0.15, 0.2) is 0 Å². The molecule has 0 aromatic rings. The third-order valence-electron chi connectivity index (χ3n) is 0. The van der Waals surface area contributed by atoms with Crippen LogP contribution in [0.25, 0.3) is 0 Å². The zero-order valence-corrected chi connectivity index (χ0v) is 6.30. The first kappa shape index (κ1) is 9.62. The molecule has 0 aliphatic rings. The molecule has 0 unspecified atom stereocenters. The van der Waals surface area contributed by atoms with Crippen molar-refractivity contribution >= 4 is 23.1 Å². The molecule has 0 radical (unpaired) electrons. The first-order valence-corrected chi connectivity index (χ1v) is 3.62. The SMILES string of the molecule is [Mg+2].[O]=[Zr]([O-])[O-]. The Labute approximate surface area is 54.5 Å². The Morgan fingerprint density at radius 1 is 1.40 bits per heavy atom. The van der Waals surface area contributed by atoms with Crippen LogP contribution in [0.1, 0.15) is 0 Å². The molecule has 0 saturated heterocycles. The number of rotatable bonds is 0. The Morgan fingerprint density at radius 2 is 1.40 bits per heavy atom. The molecule has 0 rings (SSSR count). The molecule has 0 amide bonds. The van der Waals surface area contributed by atoms with Gasteiger partial charge in [0.1, 0.15) is 0 Å². The summed E-state index contributed by atoms with van der Waals surface area (Å²) in [6.07, 6.45) is 0. The van der Waals surface area contributed by atoms with Crippen LogP contribution in [0.2, 0.25) is 0 Å². The van der Waals surface area contributed by atoms with Gasteiger partial charge < -0.3 is 0 Å². The Hall–Kier alpha value is 1.37. The quantitative estimate of drug-likeness (QED) is 0.361. The van der Waals surface area contributed by atoms with E-state index < -0.39 is 22.6 Å². The standard InChI is InChI=1S/Mg.3O.Zr/q+2;;2*-1;. The summed E-state index contributed by atoms with van der Waals surface area (Å²) in [5, 5.41) is 0. The normalized spacial score (nSPS) is 5.20. The van der Waals surface area contributed by atoms with Crippen molar-refractivity contribution < 1.29 is 31.8 Å². The minimum atomic E-state index is -4.29. The van der Waals surface area contributed by atoms with Crippen LogP contribution in [0.3, 0.4) is 0 Å². The summed E-state index contributed by atoms with van der Waals surface area (Å²) in [6, 6.07) is 0. The van der Waals surface area contributed by atoms with Crippen molar-refractivity contribution in [1.82, 2.24) is 0 Å². The molecule has 0 N–H and O–H groups in total. The van der Waals surface area contributed by atoms with Gasteiger partial charge in [-0.3, -0.25) is 0 Å². The molecule has 0 spiro atoms. The average molecular weight is 164 g/mol. The molecule has 0 fully saturated rings. The molecule has 3 nitrogen and oxygen atoms in total. The van der Waals surface area contributed by atoms with Gasteiger partial charge in [0.25, 0.3) is 0 Å². The maximum atomic E-state index is 8.61. The summed E-state index contributed by atoms with van der Waals surface area (Å²) < 4.78 is 25.8. The van der Waals surface area contributed by atoms with E-state index in [0.29, 0.717) is 0 Å². The van der Waals surface area contributed by atoms with Crippen LogP contribution in [0.4, 0.5) is 0 Å². The first-order valence-electron chi connectivity index (χ1n) is 0.612. The van der Waals surface area contributed by atoms with Gasteiger partial charge >= 0.3 is 54.9 Å². The van der Waals surface area contributed by atoms with E-state index in [-0.39, 0.29) is 23.1 Å². The first-order chi connectivity index (χ1) is 1.73. The molecular formula is MgO3Zr. The van der Waals surface area contributed by atoms with E-state index in [0.717, 1.165) is 0 Å². The van der Waals surface area contributed by atoms with E-state index in [4.69, 9.17) is 9.18 Å². The fourth-order valence-corrected chi connectivity index (χ4v) is 0. The van der Waals surface area contributed by atoms with Crippen LogP contribution in [-0.4, -0.2) is 23.1 Å².